The van der Waals surface area contributed by atoms with E-state index >= 15 is 0 Å². The van der Waals surface area contributed by atoms with Crippen LogP contribution in [0.1, 0.15) is 5.89 Å². The van der Waals surface area contributed by atoms with Crippen molar-refractivity contribution in [1.29, 1.82) is 0 Å². The van der Waals surface area contributed by atoms with Gasteiger partial charge in [-0.2, -0.15) is 0 Å². The first-order valence-corrected chi connectivity index (χ1v) is 5.64. The minimum atomic E-state index is 0.290. The van der Waals surface area contributed by atoms with Gasteiger partial charge in [0.15, 0.2) is 12.2 Å². The number of ether oxygens (including phenoxy) is 1. The fourth-order valence-corrected chi connectivity index (χ4v) is 1.73. The molecule has 0 saturated heterocycles. The lowest BCUT2D eigenvalue weighted by Crippen LogP contribution is -1.96. The molecule has 0 saturated carbocycles. The van der Waals surface area contributed by atoms with Gasteiger partial charge in [-0.25, -0.2) is 4.98 Å². The van der Waals surface area contributed by atoms with Crippen molar-refractivity contribution in [2.24, 2.45) is 0 Å². The number of benzene rings is 2. The number of nitrogen functional groups attached to an aromatic ring is 1. The number of hydrogen-bond acceptors (Lipinski definition) is 4. The number of hydrogen-bond donors (Lipinski definition) is 1. The Morgan fingerprint density at radius 3 is 2.83 bits per heavy atom. The van der Waals surface area contributed by atoms with Crippen LogP contribution in [0.25, 0.3) is 11.1 Å². The molecule has 0 amide bonds. The van der Waals surface area contributed by atoms with Crippen molar-refractivity contribution in [3.63, 3.8) is 0 Å². The molecule has 4 nitrogen and oxygen atoms in total. The van der Waals surface area contributed by atoms with Gasteiger partial charge in [0, 0.05) is 11.8 Å². The largest absolute Gasteiger partial charge is 0.484 e. The quantitative estimate of drug-likeness (QED) is 0.715. The number of para-hydroxylation sites is 2. The Balaban J connectivity index is 1.76. The second-order valence-electron chi connectivity index (χ2n) is 3.94. The number of fused-ring (bicyclic) bond motifs is 1. The maximum Gasteiger partial charge on any atom is 0.233 e. The Morgan fingerprint density at radius 1 is 1.11 bits per heavy atom. The third kappa shape index (κ3) is 2.13. The van der Waals surface area contributed by atoms with Gasteiger partial charge < -0.3 is 14.9 Å². The monoisotopic (exact) mass is 240 g/mol. The zero-order valence-corrected chi connectivity index (χ0v) is 9.67. The second-order valence-corrected chi connectivity index (χ2v) is 3.94. The summed E-state index contributed by atoms with van der Waals surface area (Å²) in [5.74, 6) is 1.26. The van der Waals surface area contributed by atoms with Gasteiger partial charge in [-0.15, -0.1) is 0 Å². The maximum absolute atomic E-state index is 5.67. The lowest BCUT2D eigenvalue weighted by Gasteiger charge is -2.03. The number of nitrogens with zero attached hydrogens (tertiary/aromatic N) is 1. The minimum Gasteiger partial charge on any atom is -0.484 e. The molecule has 0 bridgehead atoms. The highest BCUT2D eigenvalue weighted by molar-refractivity contribution is 5.72. The first-order valence-electron chi connectivity index (χ1n) is 5.64. The van der Waals surface area contributed by atoms with Crippen molar-refractivity contribution in [2.75, 3.05) is 5.73 Å². The summed E-state index contributed by atoms with van der Waals surface area (Å²) in [7, 11) is 0. The van der Waals surface area contributed by atoms with E-state index in [0.29, 0.717) is 17.3 Å². The number of nitrogens with two attached hydrogens (primary N) is 1. The molecule has 0 unspecified atom stereocenters. The topological polar surface area (TPSA) is 61.3 Å². The molecule has 2 aromatic carbocycles. The summed E-state index contributed by atoms with van der Waals surface area (Å²) >= 11 is 0. The van der Waals surface area contributed by atoms with Gasteiger partial charge >= 0.3 is 0 Å². The van der Waals surface area contributed by atoms with E-state index in [9.17, 15) is 0 Å². The van der Waals surface area contributed by atoms with Crippen LogP contribution in [-0.4, -0.2) is 4.98 Å². The molecule has 3 rings (SSSR count). The van der Waals surface area contributed by atoms with Gasteiger partial charge in [-0.05, 0) is 24.3 Å². The molecule has 0 fully saturated rings. The molecule has 0 spiro atoms. The lowest BCUT2D eigenvalue weighted by molar-refractivity contribution is 0.267. The predicted octanol–water partition coefficient (Wildman–Crippen LogP) is 2.99. The third-order valence-corrected chi connectivity index (χ3v) is 2.56. The highest BCUT2D eigenvalue weighted by atomic mass is 16.5. The van der Waals surface area contributed by atoms with Crippen molar-refractivity contribution in [1.82, 2.24) is 4.98 Å². The van der Waals surface area contributed by atoms with Gasteiger partial charge in [-0.1, -0.05) is 18.2 Å². The van der Waals surface area contributed by atoms with E-state index in [1.54, 1.807) is 6.07 Å². The highest BCUT2D eigenvalue weighted by Crippen LogP contribution is 2.18. The summed E-state index contributed by atoms with van der Waals surface area (Å²) in [5, 5.41) is 0. The Morgan fingerprint density at radius 2 is 2.00 bits per heavy atom. The van der Waals surface area contributed by atoms with Crippen molar-refractivity contribution in [3.8, 4) is 5.75 Å². The average Bonchev–Trinajstić information content (AvgIpc) is 2.79. The average molecular weight is 240 g/mol. The third-order valence-electron chi connectivity index (χ3n) is 2.56. The second kappa shape index (κ2) is 4.41. The molecule has 3 aromatic rings. The first-order chi connectivity index (χ1) is 8.81. The van der Waals surface area contributed by atoms with Crippen molar-refractivity contribution in [3.05, 3.63) is 54.4 Å². The van der Waals surface area contributed by atoms with Gasteiger partial charge in [0.1, 0.15) is 11.3 Å². The van der Waals surface area contributed by atoms with Crippen LogP contribution in [-0.2, 0) is 6.61 Å². The molecule has 0 aliphatic heterocycles. The van der Waals surface area contributed by atoms with Crippen LogP contribution in [0.5, 0.6) is 5.75 Å². The molecule has 18 heavy (non-hydrogen) atoms. The maximum atomic E-state index is 5.67. The predicted molar refractivity (Wildman–Crippen MR) is 69.2 cm³/mol. The fraction of sp³-hybridized carbons (Fsp3) is 0.0714. The summed E-state index contributed by atoms with van der Waals surface area (Å²) < 4.78 is 11.1. The van der Waals surface area contributed by atoms with E-state index in [2.05, 4.69) is 4.98 Å². The summed E-state index contributed by atoms with van der Waals surface area (Å²) in [6, 6.07) is 14.9. The van der Waals surface area contributed by atoms with Gasteiger partial charge in [0.05, 0.1) is 0 Å². The Bertz CT molecular complexity index is 643. The first kappa shape index (κ1) is 10.7. The minimum absolute atomic E-state index is 0.290. The molecule has 0 atom stereocenters. The highest BCUT2D eigenvalue weighted by Gasteiger charge is 2.05. The van der Waals surface area contributed by atoms with Crippen molar-refractivity contribution >= 4 is 16.8 Å². The zero-order valence-electron chi connectivity index (χ0n) is 9.67. The smallest absolute Gasteiger partial charge is 0.233 e. The number of anilines is 1. The summed E-state index contributed by atoms with van der Waals surface area (Å²) in [6.07, 6.45) is 0. The number of oxazole rings is 1. The van der Waals surface area contributed by atoms with E-state index in [1.807, 2.05) is 42.5 Å². The van der Waals surface area contributed by atoms with Crippen LogP contribution in [0.15, 0.2) is 52.9 Å². The molecule has 2 N–H and O–H groups in total. The summed E-state index contributed by atoms with van der Waals surface area (Å²) in [6.45, 7) is 0.290. The SMILES string of the molecule is Nc1cccc(OCc2nc3ccccc3o2)c1. The lowest BCUT2D eigenvalue weighted by atomic mass is 10.3. The fourth-order valence-electron chi connectivity index (χ4n) is 1.73. The summed E-state index contributed by atoms with van der Waals surface area (Å²) in [4.78, 5) is 4.33. The van der Waals surface area contributed by atoms with Crippen LogP contribution < -0.4 is 10.5 Å². The molecule has 90 valence electrons. The number of aromatic nitrogens is 1. The van der Waals surface area contributed by atoms with Gasteiger partial charge in [0.2, 0.25) is 5.89 Å². The van der Waals surface area contributed by atoms with E-state index in [0.717, 1.165) is 11.1 Å². The molecular weight excluding hydrogens is 228 g/mol. The van der Waals surface area contributed by atoms with Crippen LogP contribution in [0.3, 0.4) is 0 Å². The molecule has 0 radical (unpaired) electrons. The van der Waals surface area contributed by atoms with Crippen molar-refractivity contribution in [2.45, 2.75) is 6.61 Å². The summed E-state index contributed by atoms with van der Waals surface area (Å²) in [5.41, 5.74) is 7.95. The van der Waals surface area contributed by atoms with Gasteiger partial charge in [0.25, 0.3) is 0 Å². The van der Waals surface area contributed by atoms with Crippen LogP contribution in [0.2, 0.25) is 0 Å². The Labute approximate surface area is 104 Å². The Kier molecular flexibility index (Phi) is 2.61. The van der Waals surface area contributed by atoms with E-state index in [-0.39, 0.29) is 6.61 Å². The molecule has 1 heterocycles. The number of rotatable bonds is 3. The zero-order chi connectivity index (χ0) is 12.4. The van der Waals surface area contributed by atoms with Gasteiger partial charge in [-0.3, -0.25) is 0 Å². The normalized spacial score (nSPS) is 10.7. The molecule has 0 aliphatic rings. The Hall–Kier alpha value is -2.49. The standard InChI is InChI=1S/C14H12N2O2/c15-10-4-3-5-11(8-10)17-9-14-16-12-6-1-2-7-13(12)18-14/h1-8H,9,15H2. The van der Waals surface area contributed by atoms with E-state index in [1.165, 1.54) is 0 Å². The molecule has 4 heteroatoms. The van der Waals surface area contributed by atoms with Crippen LogP contribution >= 0.6 is 0 Å². The molecule has 0 aliphatic carbocycles. The molecule has 1 aromatic heterocycles. The van der Waals surface area contributed by atoms with Crippen LogP contribution in [0.4, 0.5) is 5.69 Å². The van der Waals surface area contributed by atoms with E-state index in [4.69, 9.17) is 14.9 Å². The van der Waals surface area contributed by atoms with Crippen LogP contribution in [0, 0.1) is 0 Å². The van der Waals surface area contributed by atoms with E-state index < -0.39 is 0 Å². The van der Waals surface area contributed by atoms with Crippen molar-refractivity contribution < 1.29 is 9.15 Å². The molecular formula is C14H12N2O2.